The van der Waals surface area contributed by atoms with E-state index >= 15 is 0 Å². The number of fused-ring (bicyclic) bond motifs is 2. The highest BCUT2D eigenvalue weighted by molar-refractivity contribution is 6.11. The molecule has 2 heterocycles. The number of carbonyl (C=O) groups excluding carboxylic acids is 1. The molecule has 6 nitrogen and oxygen atoms in total. The molecule has 0 bridgehead atoms. The zero-order valence-corrected chi connectivity index (χ0v) is 16.6. The van der Waals surface area contributed by atoms with E-state index in [1.165, 1.54) is 0 Å². The second kappa shape index (κ2) is 6.19. The Morgan fingerprint density at radius 2 is 2.04 bits per heavy atom. The van der Waals surface area contributed by atoms with Crippen LogP contribution in [-0.4, -0.2) is 26.3 Å². The van der Waals surface area contributed by atoms with Crippen LogP contribution in [-0.2, 0) is 6.42 Å². The lowest BCUT2D eigenvalue weighted by atomic mass is 9.75. The van der Waals surface area contributed by atoms with Crippen molar-refractivity contribution in [2.24, 2.45) is 10.6 Å². The monoisotopic (exact) mass is 376 g/mol. The molecule has 6 heteroatoms. The quantitative estimate of drug-likeness (QED) is 0.397. The number of nitrogens with two attached hydrogens (primary N) is 1. The third-order valence-electron chi connectivity index (χ3n) is 5.58. The van der Waals surface area contributed by atoms with Crippen LogP contribution >= 0.6 is 0 Å². The number of aromatic nitrogens is 2. The van der Waals surface area contributed by atoms with Crippen molar-refractivity contribution < 1.29 is 10.0 Å². The van der Waals surface area contributed by atoms with Gasteiger partial charge in [0.2, 0.25) is 0 Å². The second-order valence-corrected chi connectivity index (χ2v) is 8.42. The van der Waals surface area contributed by atoms with E-state index in [4.69, 9.17) is 5.73 Å². The molecule has 0 unspecified atom stereocenters. The third kappa shape index (κ3) is 2.76. The molecule has 0 saturated heterocycles. The summed E-state index contributed by atoms with van der Waals surface area (Å²) in [5, 5.41) is 14.2. The van der Waals surface area contributed by atoms with E-state index in [0.29, 0.717) is 18.0 Å². The third-order valence-corrected chi connectivity index (χ3v) is 5.58. The van der Waals surface area contributed by atoms with Gasteiger partial charge in [-0.2, -0.15) is 0 Å². The Kier molecular flexibility index (Phi) is 4.03. The molecule has 3 N–H and O–H groups in total. The Balaban J connectivity index is 1.97. The van der Waals surface area contributed by atoms with Crippen LogP contribution < -0.4 is 5.73 Å². The minimum Gasteiger partial charge on any atom is -0.411 e. The fraction of sp³-hybridized carbons (Fsp3) is 0.318. The summed E-state index contributed by atoms with van der Waals surface area (Å²) in [6, 6.07) is 5.93. The Hall–Kier alpha value is -3.15. The maximum atomic E-state index is 12.7. The molecule has 28 heavy (non-hydrogen) atoms. The van der Waals surface area contributed by atoms with E-state index in [9.17, 15) is 10.0 Å². The second-order valence-electron chi connectivity index (χ2n) is 8.42. The Bertz CT molecular complexity index is 1160. The summed E-state index contributed by atoms with van der Waals surface area (Å²) in [5.74, 6) is 0.638. The maximum absolute atomic E-state index is 12.7. The van der Waals surface area contributed by atoms with Crippen molar-refractivity contribution in [2.45, 2.75) is 40.5 Å². The maximum Gasteiger partial charge on any atom is 0.165 e. The van der Waals surface area contributed by atoms with Gasteiger partial charge in [-0.3, -0.25) is 4.79 Å². The molecule has 0 atom stereocenters. The highest BCUT2D eigenvalue weighted by Gasteiger charge is 2.34. The van der Waals surface area contributed by atoms with Gasteiger partial charge < -0.3 is 15.5 Å². The highest BCUT2D eigenvalue weighted by atomic mass is 16.4. The standard InChI is InChI=1S/C22H24N4O2/c1-12-11-26(18-8-22(3,4)9-19(27)20(12)18)14-5-6-15-16(7-14)17(13(2)25-28)10-24-21(15)23/h5-7,10-11,28H,8-9H2,1-4H3,(H2,23,24)/b25-13-. The molecule has 0 amide bonds. The summed E-state index contributed by atoms with van der Waals surface area (Å²) in [7, 11) is 0. The van der Waals surface area contributed by atoms with Crippen LogP contribution in [0.15, 0.2) is 35.7 Å². The van der Waals surface area contributed by atoms with Crippen molar-refractivity contribution in [1.82, 2.24) is 9.55 Å². The van der Waals surface area contributed by atoms with Gasteiger partial charge in [0.25, 0.3) is 0 Å². The number of nitrogens with zero attached hydrogens (tertiary/aromatic N) is 3. The molecule has 0 fully saturated rings. The smallest absolute Gasteiger partial charge is 0.165 e. The van der Waals surface area contributed by atoms with Crippen molar-refractivity contribution in [2.75, 3.05) is 5.73 Å². The first-order valence-corrected chi connectivity index (χ1v) is 9.33. The Morgan fingerprint density at radius 1 is 1.29 bits per heavy atom. The lowest BCUT2D eigenvalue weighted by Crippen LogP contribution is -2.28. The predicted molar refractivity (Wildman–Crippen MR) is 111 cm³/mol. The molecule has 1 aliphatic rings. The molecule has 0 saturated carbocycles. The number of benzene rings is 1. The fourth-order valence-corrected chi connectivity index (χ4v) is 4.25. The molecule has 4 rings (SSSR count). The van der Waals surface area contributed by atoms with Crippen molar-refractivity contribution in [3.05, 3.63) is 53.0 Å². The summed E-state index contributed by atoms with van der Waals surface area (Å²) in [4.78, 5) is 16.9. The number of aryl methyl sites for hydroxylation is 1. The molecule has 1 aromatic carbocycles. The molecular formula is C22H24N4O2. The number of rotatable bonds is 2. The molecular weight excluding hydrogens is 352 g/mol. The average Bonchev–Trinajstić information content (AvgIpc) is 2.96. The minimum atomic E-state index is -0.0664. The largest absolute Gasteiger partial charge is 0.411 e. The summed E-state index contributed by atoms with van der Waals surface area (Å²) >= 11 is 0. The van der Waals surface area contributed by atoms with E-state index in [2.05, 4.69) is 28.6 Å². The molecule has 0 spiro atoms. The zero-order valence-electron chi connectivity index (χ0n) is 16.6. The van der Waals surface area contributed by atoms with Gasteiger partial charge in [-0.1, -0.05) is 19.0 Å². The van der Waals surface area contributed by atoms with Crippen LogP contribution in [0.4, 0.5) is 5.82 Å². The van der Waals surface area contributed by atoms with Crippen LogP contribution in [0.2, 0.25) is 0 Å². The molecule has 144 valence electrons. The van der Waals surface area contributed by atoms with Gasteiger partial charge in [0.1, 0.15) is 5.82 Å². The van der Waals surface area contributed by atoms with Gasteiger partial charge in [0, 0.05) is 46.7 Å². The van der Waals surface area contributed by atoms with Gasteiger partial charge in [-0.05, 0) is 54.8 Å². The molecule has 1 aliphatic carbocycles. The lowest BCUT2D eigenvalue weighted by Gasteiger charge is -2.30. The SMILES string of the molecule is C/C(=N/O)c1cnc(N)c2ccc(-n3cc(C)c4c3CC(C)(C)CC4=O)cc12. The van der Waals surface area contributed by atoms with Crippen LogP contribution in [0.25, 0.3) is 16.5 Å². The van der Waals surface area contributed by atoms with E-state index in [1.54, 1.807) is 13.1 Å². The molecule has 0 radical (unpaired) electrons. The summed E-state index contributed by atoms with van der Waals surface area (Å²) in [6.07, 6.45) is 5.06. The van der Waals surface area contributed by atoms with Crippen LogP contribution in [0.5, 0.6) is 0 Å². The normalized spacial score (nSPS) is 16.4. The summed E-state index contributed by atoms with van der Waals surface area (Å²) in [5.41, 5.74) is 11.0. The number of ketones is 1. The summed E-state index contributed by atoms with van der Waals surface area (Å²) in [6.45, 7) is 7.98. The van der Waals surface area contributed by atoms with Crippen molar-refractivity contribution >= 4 is 28.1 Å². The number of pyridine rings is 1. The van der Waals surface area contributed by atoms with Gasteiger partial charge >= 0.3 is 0 Å². The number of Topliss-reactive ketones (excluding diaryl/α,β-unsaturated/α-hetero) is 1. The number of anilines is 1. The van der Waals surface area contributed by atoms with E-state index in [0.717, 1.165) is 45.3 Å². The van der Waals surface area contributed by atoms with Gasteiger partial charge in [-0.25, -0.2) is 4.98 Å². The van der Waals surface area contributed by atoms with Gasteiger partial charge in [0.05, 0.1) is 5.71 Å². The van der Waals surface area contributed by atoms with Crippen LogP contribution in [0.1, 0.15) is 54.4 Å². The topological polar surface area (TPSA) is 93.5 Å². The van der Waals surface area contributed by atoms with Crippen LogP contribution in [0, 0.1) is 12.3 Å². The number of carbonyl (C=O) groups is 1. The first kappa shape index (κ1) is 18.2. The molecule has 0 aliphatic heterocycles. The summed E-state index contributed by atoms with van der Waals surface area (Å²) < 4.78 is 2.11. The Labute approximate surface area is 163 Å². The first-order chi connectivity index (χ1) is 13.2. The average molecular weight is 376 g/mol. The number of hydrogen-bond acceptors (Lipinski definition) is 5. The van der Waals surface area contributed by atoms with Crippen molar-refractivity contribution in [1.29, 1.82) is 0 Å². The van der Waals surface area contributed by atoms with Crippen molar-refractivity contribution in [3.63, 3.8) is 0 Å². The molecule has 3 aromatic rings. The molecule has 2 aromatic heterocycles. The van der Waals surface area contributed by atoms with Crippen molar-refractivity contribution in [3.8, 4) is 5.69 Å². The zero-order chi connectivity index (χ0) is 20.2. The lowest BCUT2D eigenvalue weighted by molar-refractivity contribution is 0.0910. The fourth-order valence-electron chi connectivity index (χ4n) is 4.25. The Morgan fingerprint density at radius 3 is 2.75 bits per heavy atom. The number of oxime groups is 1. The van der Waals surface area contributed by atoms with Gasteiger partial charge in [0.15, 0.2) is 5.78 Å². The number of hydrogen-bond donors (Lipinski definition) is 2. The van der Waals surface area contributed by atoms with Crippen LogP contribution in [0.3, 0.4) is 0 Å². The number of nitrogen functional groups attached to an aromatic ring is 1. The highest BCUT2D eigenvalue weighted by Crippen LogP contribution is 2.38. The minimum absolute atomic E-state index is 0.0664. The van der Waals surface area contributed by atoms with E-state index in [-0.39, 0.29) is 11.2 Å². The van der Waals surface area contributed by atoms with E-state index in [1.807, 2.05) is 31.3 Å². The predicted octanol–water partition coefficient (Wildman–Crippen LogP) is 4.27. The van der Waals surface area contributed by atoms with Gasteiger partial charge in [-0.15, -0.1) is 0 Å². The van der Waals surface area contributed by atoms with E-state index < -0.39 is 0 Å². The first-order valence-electron chi connectivity index (χ1n) is 9.33.